The fraction of sp³-hybridized carbons (Fsp3) is 0.733. The van der Waals surface area contributed by atoms with Gasteiger partial charge in [0.1, 0.15) is 5.60 Å². The van der Waals surface area contributed by atoms with E-state index in [1.165, 1.54) is 5.56 Å². The number of carbonyl (C=O) groups excluding carboxylic acids is 1. The van der Waals surface area contributed by atoms with Crippen molar-refractivity contribution < 1.29 is 9.53 Å². The number of ether oxygens (including phenoxy) is 1. The third kappa shape index (κ3) is 3.37. The number of hydrogen-bond donors (Lipinski definition) is 1. The van der Waals surface area contributed by atoms with Crippen LogP contribution in [0.3, 0.4) is 0 Å². The molecule has 1 saturated carbocycles. The summed E-state index contributed by atoms with van der Waals surface area (Å²) in [6, 6.07) is 0.249. The van der Waals surface area contributed by atoms with Crippen molar-refractivity contribution in [3.05, 3.63) is 18.0 Å². The van der Waals surface area contributed by atoms with Crippen LogP contribution in [0.15, 0.2) is 12.4 Å². The van der Waals surface area contributed by atoms with Gasteiger partial charge in [-0.2, -0.15) is 5.10 Å². The maximum atomic E-state index is 11.9. The third-order valence-electron chi connectivity index (χ3n) is 3.99. The molecular weight excluding hydrogens is 268 g/mol. The molecule has 1 aromatic heterocycles. The van der Waals surface area contributed by atoms with Gasteiger partial charge in [-0.3, -0.25) is 4.68 Å². The van der Waals surface area contributed by atoms with Gasteiger partial charge < -0.3 is 15.4 Å². The minimum absolute atomic E-state index is 0.00995. The molecule has 116 valence electrons. The summed E-state index contributed by atoms with van der Waals surface area (Å²) in [4.78, 5) is 13.6. The van der Waals surface area contributed by atoms with Crippen LogP contribution < -0.4 is 5.73 Å². The molecule has 1 aromatic rings. The Hall–Kier alpha value is -1.56. The van der Waals surface area contributed by atoms with Gasteiger partial charge in [0.15, 0.2) is 0 Å². The van der Waals surface area contributed by atoms with E-state index in [-0.39, 0.29) is 17.7 Å². The van der Waals surface area contributed by atoms with Crippen LogP contribution in [0.2, 0.25) is 0 Å². The third-order valence-corrected chi connectivity index (χ3v) is 3.99. The summed E-state index contributed by atoms with van der Waals surface area (Å²) in [7, 11) is 0. The first-order valence-electron chi connectivity index (χ1n) is 7.54. The highest BCUT2D eigenvalue weighted by atomic mass is 16.6. The molecule has 2 aliphatic rings. The zero-order valence-corrected chi connectivity index (χ0v) is 13.0. The van der Waals surface area contributed by atoms with Crippen LogP contribution in [0.1, 0.15) is 45.2 Å². The number of rotatable bonds is 3. The Morgan fingerprint density at radius 3 is 2.71 bits per heavy atom. The van der Waals surface area contributed by atoms with Crippen molar-refractivity contribution in [2.75, 3.05) is 13.1 Å². The fourth-order valence-electron chi connectivity index (χ4n) is 2.51. The van der Waals surface area contributed by atoms with E-state index in [2.05, 4.69) is 11.3 Å². The molecule has 0 bridgehead atoms. The van der Waals surface area contributed by atoms with Gasteiger partial charge in [-0.05, 0) is 45.6 Å². The largest absolute Gasteiger partial charge is 0.444 e. The molecule has 2 fully saturated rings. The number of nitrogens with two attached hydrogens (primary N) is 1. The highest BCUT2D eigenvalue weighted by Gasteiger charge is 2.39. The smallest absolute Gasteiger partial charge is 0.410 e. The first-order valence-corrected chi connectivity index (χ1v) is 7.54. The fourth-order valence-corrected chi connectivity index (χ4v) is 2.51. The standard InChI is InChI=1S/C15H24N4O2/c1-14(2,3)21-13(20)18-9-12(10-18)19-8-11(7-17-19)6-15(16)4-5-15/h7-8,12H,4-6,9-10,16H2,1-3H3. The normalized spacial score (nSPS) is 21.0. The Morgan fingerprint density at radius 2 is 2.14 bits per heavy atom. The first-order chi connectivity index (χ1) is 9.74. The second-order valence-corrected chi connectivity index (χ2v) is 7.41. The van der Waals surface area contributed by atoms with Crippen molar-refractivity contribution in [3.63, 3.8) is 0 Å². The van der Waals surface area contributed by atoms with E-state index in [1.807, 2.05) is 31.6 Å². The summed E-state index contributed by atoms with van der Waals surface area (Å²) in [5.74, 6) is 0. The van der Waals surface area contributed by atoms with Crippen LogP contribution >= 0.6 is 0 Å². The van der Waals surface area contributed by atoms with Crippen LogP contribution in [0, 0.1) is 0 Å². The van der Waals surface area contributed by atoms with E-state index >= 15 is 0 Å². The number of carbonyl (C=O) groups is 1. The van der Waals surface area contributed by atoms with Gasteiger partial charge >= 0.3 is 6.09 Å². The molecule has 0 aromatic carbocycles. The topological polar surface area (TPSA) is 73.4 Å². The van der Waals surface area contributed by atoms with E-state index in [1.54, 1.807) is 4.90 Å². The molecule has 0 radical (unpaired) electrons. The molecule has 6 heteroatoms. The number of hydrogen-bond acceptors (Lipinski definition) is 4. The van der Waals surface area contributed by atoms with Crippen molar-refractivity contribution in [1.82, 2.24) is 14.7 Å². The van der Waals surface area contributed by atoms with Crippen molar-refractivity contribution in [3.8, 4) is 0 Å². The van der Waals surface area contributed by atoms with Crippen LogP contribution in [-0.4, -0.2) is 45.0 Å². The summed E-state index contributed by atoms with van der Waals surface area (Å²) in [6.45, 7) is 6.95. The summed E-state index contributed by atoms with van der Waals surface area (Å²) in [6.07, 6.45) is 6.81. The summed E-state index contributed by atoms with van der Waals surface area (Å²) >= 11 is 0. The van der Waals surface area contributed by atoms with E-state index in [0.717, 1.165) is 19.3 Å². The van der Waals surface area contributed by atoms with Crippen LogP contribution in [0.4, 0.5) is 4.79 Å². The number of amides is 1. The van der Waals surface area contributed by atoms with Crippen LogP contribution in [0.5, 0.6) is 0 Å². The van der Waals surface area contributed by atoms with E-state index in [0.29, 0.717) is 13.1 Å². The lowest BCUT2D eigenvalue weighted by atomic mass is 10.1. The Balaban J connectivity index is 1.51. The molecule has 6 nitrogen and oxygen atoms in total. The molecule has 0 spiro atoms. The minimum Gasteiger partial charge on any atom is -0.444 e. The molecular formula is C15H24N4O2. The molecule has 3 rings (SSSR count). The summed E-state index contributed by atoms with van der Waals surface area (Å²) < 4.78 is 7.29. The predicted molar refractivity (Wildman–Crippen MR) is 78.9 cm³/mol. The SMILES string of the molecule is CC(C)(C)OC(=O)N1CC(n2cc(CC3(N)CC3)cn2)C1. The Morgan fingerprint density at radius 1 is 1.48 bits per heavy atom. The van der Waals surface area contributed by atoms with Gasteiger partial charge in [0, 0.05) is 24.8 Å². The summed E-state index contributed by atoms with van der Waals surface area (Å²) in [5, 5.41) is 4.40. The predicted octanol–water partition coefficient (Wildman–Crippen LogP) is 1.71. The Bertz CT molecular complexity index is 536. The molecule has 2 heterocycles. The minimum atomic E-state index is -0.444. The molecule has 1 aliphatic heterocycles. The molecule has 1 saturated heterocycles. The lowest BCUT2D eigenvalue weighted by Crippen LogP contribution is -2.52. The van der Waals surface area contributed by atoms with Gasteiger partial charge in [-0.15, -0.1) is 0 Å². The van der Waals surface area contributed by atoms with Crippen LogP contribution in [0.25, 0.3) is 0 Å². The average Bonchev–Trinajstić information content (AvgIpc) is 2.81. The van der Waals surface area contributed by atoms with Crippen LogP contribution in [-0.2, 0) is 11.2 Å². The highest BCUT2D eigenvalue weighted by molar-refractivity contribution is 5.69. The average molecular weight is 292 g/mol. The van der Waals surface area contributed by atoms with E-state index < -0.39 is 5.60 Å². The monoisotopic (exact) mass is 292 g/mol. The molecule has 2 N–H and O–H groups in total. The lowest BCUT2D eigenvalue weighted by molar-refractivity contribution is -0.000393. The second-order valence-electron chi connectivity index (χ2n) is 7.41. The van der Waals surface area contributed by atoms with Crippen molar-refractivity contribution in [2.45, 2.75) is 57.2 Å². The van der Waals surface area contributed by atoms with Crippen molar-refractivity contribution in [1.29, 1.82) is 0 Å². The van der Waals surface area contributed by atoms with E-state index in [9.17, 15) is 4.79 Å². The molecule has 1 aliphatic carbocycles. The van der Waals surface area contributed by atoms with Gasteiger partial charge in [-0.25, -0.2) is 4.79 Å². The Labute approximate surface area is 125 Å². The zero-order valence-electron chi connectivity index (χ0n) is 13.0. The number of nitrogens with zero attached hydrogens (tertiary/aromatic N) is 3. The summed E-state index contributed by atoms with van der Waals surface area (Å²) in [5.41, 5.74) is 6.88. The second kappa shape index (κ2) is 4.73. The quantitative estimate of drug-likeness (QED) is 0.920. The Kier molecular flexibility index (Phi) is 3.24. The van der Waals surface area contributed by atoms with Crippen molar-refractivity contribution >= 4 is 6.09 Å². The van der Waals surface area contributed by atoms with Gasteiger partial charge in [0.05, 0.1) is 12.2 Å². The molecule has 21 heavy (non-hydrogen) atoms. The van der Waals surface area contributed by atoms with Gasteiger partial charge in [0.25, 0.3) is 0 Å². The van der Waals surface area contributed by atoms with E-state index in [4.69, 9.17) is 10.5 Å². The van der Waals surface area contributed by atoms with Crippen molar-refractivity contribution in [2.24, 2.45) is 5.73 Å². The first kappa shape index (κ1) is 14.4. The maximum Gasteiger partial charge on any atom is 0.410 e. The lowest BCUT2D eigenvalue weighted by Gasteiger charge is -2.39. The van der Waals surface area contributed by atoms with Gasteiger partial charge in [0.2, 0.25) is 0 Å². The molecule has 0 atom stereocenters. The molecule has 1 amide bonds. The number of aromatic nitrogens is 2. The molecule has 0 unspecified atom stereocenters. The zero-order chi connectivity index (χ0) is 15.3. The maximum absolute atomic E-state index is 11.9. The highest BCUT2D eigenvalue weighted by Crippen LogP contribution is 2.35. The number of likely N-dealkylation sites (tertiary alicyclic amines) is 1. The van der Waals surface area contributed by atoms with Gasteiger partial charge in [-0.1, -0.05) is 0 Å².